The van der Waals surface area contributed by atoms with Crippen molar-refractivity contribution in [3.05, 3.63) is 35.1 Å². The van der Waals surface area contributed by atoms with Crippen molar-refractivity contribution in [2.24, 2.45) is 0 Å². The molecule has 0 heterocycles. The van der Waals surface area contributed by atoms with Gasteiger partial charge in [-0.25, -0.2) is 4.39 Å². The average Bonchev–Trinajstić information content (AvgIpc) is 2.19. The minimum atomic E-state index is -0.793. The van der Waals surface area contributed by atoms with E-state index in [1.807, 2.05) is 13.8 Å². The van der Waals surface area contributed by atoms with E-state index in [0.29, 0.717) is 13.0 Å². The number of benzene rings is 1. The Kier molecular flexibility index (Phi) is 4.44. The van der Waals surface area contributed by atoms with Crippen LogP contribution in [0.4, 0.5) is 4.39 Å². The molecule has 1 atom stereocenters. The molecule has 0 fully saturated rings. The van der Waals surface area contributed by atoms with Crippen LogP contribution in [0.25, 0.3) is 0 Å². The van der Waals surface area contributed by atoms with E-state index in [1.165, 1.54) is 12.1 Å². The van der Waals surface area contributed by atoms with Gasteiger partial charge in [0.1, 0.15) is 5.82 Å². The highest BCUT2D eigenvalue weighted by molar-refractivity contribution is 5.27. The largest absolute Gasteiger partial charge is 0.389 e. The molecule has 90 valence electrons. The van der Waals surface area contributed by atoms with Crippen LogP contribution in [0.15, 0.2) is 18.2 Å². The predicted octanol–water partition coefficient (Wildman–Crippen LogP) is 2.04. The first-order valence-corrected chi connectivity index (χ1v) is 5.63. The minimum Gasteiger partial charge on any atom is -0.389 e. The summed E-state index contributed by atoms with van der Waals surface area (Å²) in [6.45, 7) is 7.03. The molecule has 0 aromatic heterocycles. The van der Waals surface area contributed by atoms with Crippen molar-refractivity contribution in [2.75, 3.05) is 13.1 Å². The number of likely N-dealkylation sites (N-methyl/N-ethyl adjacent to an activating group) is 1. The first-order valence-electron chi connectivity index (χ1n) is 5.63. The van der Waals surface area contributed by atoms with Crippen LogP contribution >= 0.6 is 0 Å². The van der Waals surface area contributed by atoms with Crippen molar-refractivity contribution in [3.63, 3.8) is 0 Å². The van der Waals surface area contributed by atoms with Crippen molar-refractivity contribution >= 4 is 0 Å². The van der Waals surface area contributed by atoms with E-state index in [0.717, 1.165) is 17.7 Å². The normalized spacial score (nSPS) is 14.8. The maximum Gasteiger partial charge on any atom is 0.123 e. The lowest BCUT2D eigenvalue weighted by atomic mass is 9.93. The maximum absolute atomic E-state index is 12.9. The molecule has 0 saturated heterocycles. The molecule has 2 nitrogen and oxygen atoms in total. The monoisotopic (exact) mass is 225 g/mol. The molecule has 0 saturated carbocycles. The molecule has 1 aromatic carbocycles. The zero-order valence-corrected chi connectivity index (χ0v) is 10.2. The van der Waals surface area contributed by atoms with Crippen LogP contribution in [0.1, 0.15) is 25.0 Å². The molecule has 0 spiro atoms. The van der Waals surface area contributed by atoms with E-state index in [1.54, 1.807) is 13.0 Å². The quantitative estimate of drug-likeness (QED) is 0.803. The van der Waals surface area contributed by atoms with Gasteiger partial charge in [0.05, 0.1) is 5.60 Å². The van der Waals surface area contributed by atoms with Crippen LogP contribution in [0.5, 0.6) is 0 Å². The molecule has 16 heavy (non-hydrogen) atoms. The molecule has 3 heteroatoms. The van der Waals surface area contributed by atoms with E-state index < -0.39 is 5.60 Å². The Morgan fingerprint density at radius 1 is 1.44 bits per heavy atom. The molecular formula is C13H20FNO. The third-order valence-electron chi connectivity index (χ3n) is 2.63. The summed E-state index contributed by atoms with van der Waals surface area (Å²) in [4.78, 5) is 0. The van der Waals surface area contributed by atoms with Crippen LogP contribution in [0, 0.1) is 12.7 Å². The Labute approximate surface area is 96.5 Å². The number of halogens is 1. The second-order valence-corrected chi connectivity index (χ2v) is 4.52. The maximum atomic E-state index is 12.9. The Morgan fingerprint density at radius 3 is 2.69 bits per heavy atom. The van der Waals surface area contributed by atoms with Gasteiger partial charge >= 0.3 is 0 Å². The molecule has 0 aliphatic rings. The topological polar surface area (TPSA) is 32.3 Å². The predicted molar refractivity (Wildman–Crippen MR) is 64.0 cm³/mol. The Morgan fingerprint density at radius 2 is 2.12 bits per heavy atom. The van der Waals surface area contributed by atoms with Gasteiger partial charge in [0.2, 0.25) is 0 Å². The summed E-state index contributed by atoms with van der Waals surface area (Å²) in [6, 6.07) is 4.68. The zero-order chi connectivity index (χ0) is 12.2. The van der Waals surface area contributed by atoms with Gasteiger partial charge < -0.3 is 10.4 Å². The molecule has 1 unspecified atom stereocenters. The molecule has 0 aliphatic carbocycles. The van der Waals surface area contributed by atoms with Gasteiger partial charge in [-0.1, -0.05) is 13.0 Å². The molecule has 1 aromatic rings. The van der Waals surface area contributed by atoms with Crippen molar-refractivity contribution in [1.29, 1.82) is 0 Å². The SMILES string of the molecule is CCNCC(C)(O)Cc1ccc(F)cc1C. The van der Waals surface area contributed by atoms with Gasteiger partial charge in [0, 0.05) is 13.0 Å². The number of nitrogens with one attached hydrogen (secondary N) is 1. The van der Waals surface area contributed by atoms with Gasteiger partial charge in [0.25, 0.3) is 0 Å². The number of hydrogen-bond donors (Lipinski definition) is 2. The fourth-order valence-corrected chi connectivity index (χ4v) is 1.72. The van der Waals surface area contributed by atoms with Crippen molar-refractivity contribution < 1.29 is 9.50 Å². The lowest BCUT2D eigenvalue weighted by molar-refractivity contribution is 0.0606. The van der Waals surface area contributed by atoms with E-state index in [9.17, 15) is 9.50 Å². The molecule has 0 amide bonds. The van der Waals surface area contributed by atoms with Crippen LogP contribution in [-0.2, 0) is 6.42 Å². The van der Waals surface area contributed by atoms with E-state index in [4.69, 9.17) is 0 Å². The second-order valence-electron chi connectivity index (χ2n) is 4.52. The molecule has 0 radical (unpaired) electrons. The van der Waals surface area contributed by atoms with E-state index in [-0.39, 0.29) is 5.82 Å². The number of rotatable bonds is 5. The summed E-state index contributed by atoms with van der Waals surface area (Å²) in [5.74, 6) is -0.229. The number of hydrogen-bond acceptors (Lipinski definition) is 2. The smallest absolute Gasteiger partial charge is 0.123 e. The molecule has 0 aliphatic heterocycles. The summed E-state index contributed by atoms with van der Waals surface area (Å²) >= 11 is 0. The second kappa shape index (κ2) is 5.41. The summed E-state index contributed by atoms with van der Waals surface area (Å²) < 4.78 is 12.9. The van der Waals surface area contributed by atoms with Gasteiger partial charge in [-0.05, 0) is 43.7 Å². The molecule has 2 N–H and O–H groups in total. The van der Waals surface area contributed by atoms with Crippen molar-refractivity contribution in [3.8, 4) is 0 Å². The summed E-state index contributed by atoms with van der Waals surface area (Å²) in [5.41, 5.74) is 1.08. The Balaban J connectivity index is 2.71. The fourth-order valence-electron chi connectivity index (χ4n) is 1.72. The van der Waals surface area contributed by atoms with Crippen LogP contribution < -0.4 is 5.32 Å². The summed E-state index contributed by atoms with van der Waals surface area (Å²) in [7, 11) is 0. The van der Waals surface area contributed by atoms with Gasteiger partial charge in [-0.2, -0.15) is 0 Å². The van der Waals surface area contributed by atoms with Gasteiger partial charge in [0.15, 0.2) is 0 Å². The Hall–Kier alpha value is -0.930. The van der Waals surface area contributed by atoms with Crippen LogP contribution in [-0.4, -0.2) is 23.8 Å². The number of aryl methyl sites for hydroxylation is 1. The lowest BCUT2D eigenvalue weighted by Crippen LogP contribution is -2.39. The summed E-state index contributed by atoms with van der Waals surface area (Å²) in [6.07, 6.45) is 0.534. The van der Waals surface area contributed by atoms with E-state index >= 15 is 0 Å². The van der Waals surface area contributed by atoms with Gasteiger partial charge in [-0.15, -0.1) is 0 Å². The van der Waals surface area contributed by atoms with Crippen molar-refractivity contribution in [2.45, 2.75) is 32.8 Å². The van der Waals surface area contributed by atoms with Crippen LogP contribution in [0.2, 0.25) is 0 Å². The zero-order valence-electron chi connectivity index (χ0n) is 10.2. The third-order valence-corrected chi connectivity index (χ3v) is 2.63. The standard InChI is InChI=1S/C13H20FNO/c1-4-15-9-13(3,16)8-11-5-6-12(14)7-10(11)2/h5-7,15-16H,4,8-9H2,1-3H3. The molecule has 0 bridgehead atoms. The molecular weight excluding hydrogens is 205 g/mol. The summed E-state index contributed by atoms with van der Waals surface area (Å²) in [5, 5.41) is 13.3. The van der Waals surface area contributed by atoms with E-state index in [2.05, 4.69) is 5.32 Å². The highest BCUT2D eigenvalue weighted by Crippen LogP contribution is 2.17. The van der Waals surface area contributed by atoms with Crippen molar-refractivity contribution in [1.82, 2.24) is 5.32 Å². The molecule has 1 rings (SSSR count). The number of aliphatic hydroxyl groups is 1. The lowest BCUT2D eigenvalue weighted by Gasteiger charge is -2.24. The first kappa shape index (κ1) is 13.1. The average molecular weight is 225 g/mol. The van der Waals surface area contributed by atoms with Gasteiger partial charge in [-0.3, -0.25) is 0 Å². The first-order chi connectivity index (χ1) is 7.44. The van der Waals surface area contributed by atoms with Crippen LogP contribution in [0.3, 0.4) is 0 Å². The fraction of sp³-hybridized carbons (Fsp3) is 0.538. The minimum absolute atomic E-state index is 0.229. The highest BCUT2D eigenvalue weighted by atomic mass is 19.1. The Bertz CT molecular complexity index is 350. The third kappa shape index (κ3) is 3.91. The highest BCUT2D eigenvalue weighted by Gasteiger charge is 2.21.